The Morgan fingerprint density at radius 2 is 1.62 bits per heavy atom. The zero-order valence-electron chi connectivity index (χ0n) is 19.4. The van der Waals surface area contributed by atoms with Crippen molar-refractivity contribution in [2.24, 2.45) is 5.73 Å². The fraction of sp³-hybridized carbons (Fsp3) is 0.125. The van der Waals surface area contributed by atoms with E-state index >= 15 is 0 Å². The fourth-order valence-corrected chi connectivity index (χ4v) is 5.13. The minimum atomic E-state index is -0.967. The third-order valence-corrected chi connectivity index (χ3v) is 6.85. The number of benzene rings is 2. The number of carbonyl (C=O) groups excluding carboxylic acids is 1. The number of rotatable bonds is 5. The largest absolute Gasteiger partial charge is 0.384 e. The molecule has 1 atom stereocenters. The van der Waals surface area contributed by atoms with Crippen molar-refractivity contribution in [1.82, 2.24) is 9.47 Å². The quantitative estimate of drug-likeness (QED) is 0.387. The highest BCUT2D eigenvalue weighted by atomic mass is 32.1. The Kier molecular flexibility index (Phi) is 6.43. The number of carbonyl (C=O) groups is 1. The van der Waals surface area contributed by atoms with Crippen LogP contribution in [0.25, 0.3) is 17.5 Å². The lowest BCUT2D eigenvalue weighted by atomic mass is 9.83. The number of fused-ring (bicyclic) bond motifs is 1. The molecule has 1 aliphatic rings. The number of nitrogens with zero attached hydrogens (tertiary/aromatic N) is 5. The first kappa shape index (κ1) is 25.0. The van der Waals surface area contributed by atoms with E-state index in [1.807, 2.05) is 6.07 Å². The number of nitrogens with two attached hydrogens (primary N) is 1. The average molecular weight is 519 g/mol. The molecule has 2 N–H and O–H groups in total. The minimum Gasteiger partial charge on any atom is -0.384 e. The molecule has 37 heavy (non-hydrogen) atoms. The first-order valence-electron chi connectivity index (χ1n) is 10.6. The molecule has 0 spiro atoms. The predicted molar refractivity (Wildman–Crippen MR) is 135 cm³/mol. The molecule has 4 rings (SSSR count). The Bertz CT molecular complexity index is 1710. The number of nitriles is 1. The highest BCUT2D eigenvalue weighted by molar-refractivity contribution is 7.07. The molecule has 1 unspecified atom stereocenters. The molecule has 2 aromatic carbocycles. The number of allylic oxidation sites excluding steroid dienone is 1. The first-order chi connectivity index (χ1) is 17.5. The zero-order valence-corrected chi connectivity index (χ0v) is 20.3. The predicted octanol–water partition coefficient (Wildman–Crippen LogP) is 1.24. The van der Waals surface area contributed by atoms with Gasteiger partial charge in [0.25, 0.3) is 22.8 Å². The topological polar surface area (TPSA) is 178 Å². The van der Waals surface area contributed by atoms with E-state index in [1.54, 1.807) is 0 Å². The van der Waals surface area contributed by atoms with E-state index in [0.717, 1.165) is 15.9 Å². The summed E-state index contributed by atoms with van der Waals surface area (Å²) < 4.78 is 1.52. The van der Waals surface area contributed by atoms with E-state index in [0.29, 0.717) is 11.1 Å². The van der Waals surface area contributed by atoms with E-state index in [9.17, 15) is 35.1 Å². The number of non-ortho nitro benzene ring substituents is 2. The number of nitro benzene ring substituents is 2. The minimum absolute atomic E-state index is 0.0478. The average Bonchev–Trinajstić information content (AvgIpc) is 3.19. The molecule has 0 radical (unpaired) electrons. The van der Waals surface area contributed by atoms with Crippen molar-refractivity contribution in [3.8, 4) is 6.07 Å². The maximum atomic E-state index is 13.4. The van der Waals surface area contributed by atoms with E-state index in [1.165, 1.54) is 73.6 Å². The number of amides is 1. The van der Waals surface area contributed by atoms with Crippen LogP contribution >= 0.6 is 11.3 Å². The number of thiazole rings is 1. The smallest absolute Gasteiger partial charge is 0.274 e. The Balaban J connectivity index is 2.03. The van der Waals surface area contributed by atoms with Gasteiger partial charge in [0.15, 0.2) is 0 Å². The molecule has 1 amide bonds. The molecule has 1 aromatic heterocycles. The van der Waals surface area contributed by atoms with Gasteiger partial charge in [0.05, 0.1) is 37.5 Å². The van der Waals surface area contributed by atoms with Gasteiger partial charge in [0, 0.05) is 38.4 Å². The van der Waals surface area contributed by atoms with Crippen LogP contribution < -0.4 is 20.5 Å². The third-order valence-electron chi connectivity index (χ3n) is 5.74. The highest BCUT2D eigenvalue weighted by Crippen LogP contribution is 2.37. The lowest BCUT2D eigenvalue weighted by Crippen LogP contribution is -2.41. The maximum Gasteiger partial charge on any atom is 0.274 e. The van der Waals surface area contributed by atoms with Gasteiger partial charge >= 0.3 is 0 Å². The summed E-state index contributed by atoms with van der Waals surface area (Å²) in [6.07, 6.45) is 1.51. The van der Waals surface area contributed by atoms with Gasteiger partial charge in [-0.2, -0.15) is 5.26 Å². The Hall–Kier alpha value is -5.09. The van der Waals surface area contributed by atoms with Crippen LogP contribution in [0.3, 0.4) is 0 Å². The van der Waals surface area contributed by atoms with Crippen molar-refractivity contribution < 1.29 is 14.6 Å². The van der Waals surface area contributed by atoms with Gasteiger partial charge < -0.3 is 10.6 Å². The van der Waals surface area contributed by atoms with Gasteiger partial charge in [-0.1, -0.05) is 12.1 Å². The number of hydrogen-bond acceptors (Lipinski definition) is 9. The molecule has 12 nitrogen and oxygen atoms in total. The van der Waals surface area contributed by atoms with Gasteiger partial charge in [0.2, 0.25) is 0 Å². The van der Waals surface area contributed by atoms with Crippen LogP contribution in [-0.2, 0) is 4.79 Å². The van der Waals surface area contributed by atoms with Crippen molar-refractivity contribution >= 4 is 46.1 Å². The van der Waals surface area contributed by atoms with E-state index in [-0.39, 0.29) is 37.5 Å². The summed E-state index contributed by atoms with van der Waals surface area (Å²) in [5.41, 5.74) is 6.47. The van der Waals surface area contributed by atoms with Crippen LogP contribution in [0.1, 0.15) is 17.0 Å². The molecule has 1 aliphatic heterocycles. The maximum absolute atomic E-state index is 13.4. The van der Waals surface area contributed by atoms with Gasteiger partial charge in [-0.25, -0.2) is 0 Å². The molecular weight excluding hydrogens is 500 g/mol. The van der Waals surface area contributed by atoms with Crippen LogP contribution in [-0.4, -0.2) is 39.3 Å². The van der Waals surface area contributed by atoms with E-state index < -0.39 is 27.2 Å². The summed E-state index contributed by atoms with van der Waals surface area (Å²) in [6.45, 7) is 0. The van der Waals surface area contributed by atoms with Crippen LogP contribution in [0, 0.1) is 31.6 Å². The summed E-state index contributed by atoms with van der Waals surface area (Å²) in [6, 6.07) is 13.0. The van der Waals surface area contributed by atoms with Crippen molar-refractivity contribution in [2.45, 2.75) is 5.92 Å². The molecule has 186 valence electrons. The first-order valence-corrected chi connectivity index (χ1v) is 11.4. The van der Waals surface area contributed by atoms with E-state index in [2.05, 4.69) is 0 Å². The molecule has 0 aliphatic carbocycles. The van der Waals surface area contributed by atoms with Crippen molar-refractivity contribution in [1.29, 1.82) is 5.26 Å². The second kappa shape index (κ2) is 9.51. The molecule has 2 heterocycles. The van der Waals surface area contributed by atoms with Crippen LogP contribution in [0.5, 0.6) is 0 Å². The van der Waals surface area contributed by atoms with Crippen LogP contribution in [0.2, 0.25) is 0 Å². The Morgan fingerprint density at radius 3 is 2.11 bits per heavy atom. The number of aromatic nitrogens is 1. The van der Waals surface area contributed by atoms with Gasteiger partial charge in [-0.05, 0) is 29.3 Å². The van der Waals surface area contributed by atoms with Gasteiger partial charge in [0.1, 0.15) is 10.5 Å². The summed E-state index contributed by atoms with van der Waals surface area (Å²) in [5, 5.41) is 32.0. The van der Waals surface area contributed by atoms with Crippen molar-refractivity contribution in [3.05, 3.63) is 105 Å². The molecule has 3 aromatic rings. The highest BCUT2D eigenvalue weighted by Gasteiger charge is 2.36. The summed E-state index contributed by atoms with van der Waals surface area (Å²) >= 11 is 0.989. The molecule has 13 heteroatoms. The Morgan fingerprint density at radius 1 is 1.08 bits per heavy atom. The molecule has 0 saturated heterocycles. The Labute approximate surface area is 212 Å². The normalized spacial score (nSPS) is 15.2. The third kappa shape index (κ3) is 4.37. The molecular formula is C24H18N6O6S. The lowest BCUT2D eigenvalue weighted by molar-refractivity contribution is -0.385. The monoisotopic (exact) mass is 518 g/mol. The van der Waals surface area contributed by atoms with Gasteiger partial charge in [-0.15, -0.1) is 11.3 Å². The molecule has 0 bridgehead atoms. The molecule has 0 fully saturated rings. The number of hydrogen-bond donors (Lipinski definition) is 1. The fourth-order valence-electron chi connectivity index (χ4n) is 3.96. The van der Waals surface area contributed by atoms with Crippen molar-refractivity contribution in [2.75, 3.05) is 14.1 Å². The van der Waals surface area contributed by atoms with Crippen LogP contribution in [0.15, 0.2) is 58.9 Å². The summed E-state index contributed by atoms with van der Waals surface area (Å²) in [5.74, 6) is -1.59. The summed E-state index contributed by atoms with van der Waals surface area (Å²) in [4.78, 5) is 49.0. The second-order valence-electron chi connectivity index (χ2n) is 8.21. The number of nitro groups is 2. The van der Waals surface area contributed by atoms with Crippen molar-refractivity contribution in [3.63, 3.8) is 0 Å². The van der Waals surface area contributed by atoms with Gasteiger partial charge in [-0.3, -0.25) is 34.4 Å². The zero-order chi connectivity index (χ0) is 27.0. The van der Waals surface area contributed by atoms with Crippen LogP contribution in [0.4, 0.5) is 11.4 Å². The SMILES string of the molecule is CN(C)C(=O)C1=c2s/c(=C/c3ccc([N+](=O)[O-])cc3)c(=O)n2C(N)=C(C#N)C1c1ccc([N+](=O)[O-])cc1. The molecule has 0 saturated carbocycles. The summed E-state index contributed by atoms with van der Waals surface area (Å²) in [7, 11) is 3.05. The van der Waals surface area contributed by atoms with E-state index in [4.69, 9.17) is 5.73 Å². The lowest BCUT2D eigenvalue weighted by Gasteiger charge is -2.26. The standard InChI is InChI=1S/C24H18N6O6S/c1-27(2)23(32)20-19(14-5-9-16(10-6-14)30(35)36)17(12-25)21(26)28-22(31)18(37-24(20)28)11-13-3-7-15(8-4-13)29(33)34/h3-11,19H,26H2,1-2H3/b18-11+. The second-order valence-corrected chi connectivity index (χ2v) is 9.24.